The molecule has 174 valence electrons. The zero-order chi connectivity index (χ0) is 24.4. The van der Waals surface area contributed by atoms with Gasteiger partial charge < -0.3 is 4.90 Å². The molecular formula is C27H25ClFN3O2. The van der Waals surface area contributed by atoms with Crippen molar-refractivity contribution < 1.29 is 9.18 Å². The van der Waals surface area contributed by atoms with E-state index >= 15 is 0 Å². The van der Waals surface area contributed by atoms with E-state index in [9.17, 15) is 14.0 Å². The van der Waals surface area contributed by atoms with Crippen molar-refractivity contribution in [1.29, 1.82) is 0 Å². The molecular weight excluding hydrogens is 453 g/mol. The molecule has 0 aliphatic carbocycles. The molecule has 1 aromatic heterocycles. The SMILES string of the molecule is CCCN(C(=O)c1cccc(F)c1)C(C)c1nc2ccccc2c(=O)n1-c1ccc(Cl)cc1C. The lowest BCUT2D eigenvalue weighted by molar-refractivity contribution is 0.0680. The van der Waals surface area contributed by atoms with Crippen molar-refractivity contribution in [2.24, 2.45) is 0 Å². The summed E-state index contributed by atoms with van der Waals surface area (Å²) < 4.78 is 15.4. The van der Waals surface area contributed by atoms with Gasteiger partial charge in [-0.15, -0.1) is 0 Å². The fraction of sp³-hybridized carbons (Fsp3) is 0.222. The monoisotopic (exact) mass is 477 g/mol. The summed E-state index contributed by atoms with van der Waals surface area (Å²) in [5, 5.41) is 1.04. The van der Waals surface area contributed by atoms with Crippen LogP contribution in [0.5, 0.6) is 0 Å². The van der Waals surface area contributed by atoms with Gasteiger partial charge in [0.15, 0.2) is 0 Å². The first-order valence-electron chi connectivity index (χ1n) is 11.2. The smallest absolute Gasteiger partial charge is 0.266 e. The molecule has 0 spiro atoms. The van der Waals surface area contributed by atoms with Crippen LogP contribution in [0.2, 0.25) is 5.02 Å². The molecule has 1 unspecified atom stereocenters. The van der Waals surface area contributed by atoms with Crippen molar-refractivity contribution in [3.05, 3.63) is 105 Å². The largest absolute Gasteiger partial charge is 0.329 e. The third-order valence-electron chi connectivity index (χ3n) is 5.84. The average molecular weight is 478 g/mol. The first-order chi connectivity index (χ1) is 16.3. The predicted molar refractivity (Wildman–Crippen MR) is 133 cm³/mol. The molecule has 0 fully saturated rings. The highest BCUT2D eigenvalue weighted by atomic mass is 35.5. The van der Waals surface area contributed by atoms with Crippen LogP contribution in [0.3, 0.4) is 0 Å². The maximum Gasteiger partial charge on any atom is 0.266 e. The quantitative estimate of drug-likeness (QED) is 0.337. The molecule has 7 heteroatoms. The number of hydrogen-bond acceptors (Lipinski definition) is 3. The number of rotatable bonds is 6. The second-order valence-electron chi connectivity index (χ2n) is 8.24. The van der Waals surface area contributed by atoms with Crippen LogP contribution in [-0.4, -0.2) is 26.9 Å². The van der Waals surface area contributed by atoms with Crippen molar-refractivity contribution >= 4 is 28.4 Å². The number of aryl methyl sites for hydroxylation is 1. The van der Waals surface area contributed by atoms with Gasteiger partial charge in [0, 0.05) is 17.1 Å². The van der Waals surface area contributed by atoms with Gasteiger partial charge in [0.2, 0.25) is 0 Å². The number of halogens is 2. The number of aromatic nitrogens is 2. The van der Waals surface area contributed by atoms with Gasteiger partial charge in [0.1, 0.15) is 11.6 Å². The average Bonchev–Trinajstić information content (AvgIpc) is 2.82. The van der Waals surface area contributed by atoms with Crippen molar-refractivity contribution in [1.82, 2.24) is 14.5 Å². The molecule has 0 radical (unpaired) electrons. The Balaban J connectivity index is 1.94. The molecule has 0 bridgehead atoms. The molecule has 4 rings (SSSR count). The fourth-order valence-corrected chi connectivity index (χ4v) is 4.40. The number of benzene rings is 3. The molecule has 1 heterocycles. The normalized spacial score (nSPS) is 12.0. The van der Waals surface area contributed by atoms with Gasteiger partial charge in [-0.1, -0.05) is 36.7 Å². The van der Waals surface area contributed by atoms with E-state index < -0.39 is 11.9 Å². The number of amides is 1. The highest BCUT2D eigenvalue weighted by molar-refractivity contribution is 6.30. The lowest BCUT2D eigenvalue weighted by Gasteiger charge is -2.30. The molecule has 0 saturated carbocycles. The van der Waals surface area contributed by atoms with Gasteiger partial charge in [-0.2, -0.15) is 0 Å². The Morgan fingerprint density at radius 1 is 1.12 bits per heavy atom. The van der Waals surface area contributed by atoms with Crippen LogP contribution in [0.25, 0.3) is 16.6 Å². The first-order valence-corrected chi connectivity index (χ1v) is 11.5. The third kappa shape index (κ3) is 4.46. The van der Waals surface area contributed by atoms with E-state index in [4.69, 9.17) is 16.6 Å². The second-order valence-corrected chi connectivity index (χ2v) is 8.68. The van der Waals surface area contributed by atoms with E-state index in [1.807, 2.05) is 26.8 Å². The molecule has 1 atom stereocenters. The van der Waals surface area contributed by atoms with Gasteiger partial charge in [-0.3, -0.25) is 14.2 Å². The highest BCUT2D eigenvalue weighted by Gasteiger charge is 2.27. The zero-order valence-electron chi connectivity index (χ0n) is 19.3. The maximum absolute atomic E-state index is 13.9. The summed E-state index contributed by atoms with van der Waals surface area (Å²) in [6.07, 6.45) is 0.684. The maximum atomic E-state index is 13.9. The number of carbonyl (C=O) groups is 1. The standard InChI is InChI=1S/C27H25ClFN3O2/c1-4-14-31(26(33)19-8-7-9-21(29)16-19)18(3)25-30-23-11-6-5-10-22(23)27(34)32(25)24-13-12-20(28)15-17(24)2/h5-13,15-16,18H,4,14H2,1-3H3. The third-order valence-corrected chi connectivity index (χ3v) is 6.07. The van der Waals surface area contributed by atoms with E-state index in [0.29, 0.717) is 40.4 Å². The Morgan fingerprint density at radius 3 is 2.59 bits per heavy atom. The number of hydrogen-bond donors (Lipinski definition) is 0. The molecule has 0 aliphatic rings. The Kier molecular flexibility index (Phi) is 6.80. The predicted octanol–water partition coefficient (Wildman–Crippen LogP) is 6.10. The Bertz CT molecular complexity index is 1430. The molecule has 5 nitrogen and oxygen atoms in total. The summed E-state index contributed by atoms with van der Waals surface area (Å²) in [6.45, 7) is 6.09. The van der Waals surface area contributed by atoms with Crippen LogP contribution in [-0.2, 0) is 0 Å². The summed E-state index contributed by atoms with van der Waals surface area (Å²) in [5.74, 6) is -0.379. The van der Waals surface area contributed by atoms with E-state index in [0.717, 1.165) is 5.56 Å². The van der Waals surface area contributed by atoms with Crippen molar-refractivity contribution in [2.75, 3.05) is 6.54 Å². The summed E-state index contributed by atoms with van der Waals surface area (Å²) in [4.78, 5) is 33.6. The second kappa shape index (κ2) is 9.77. The topological polar surface area (TPSA) is 55.2 Å². The summed E-state index contributed by atoms with van der Waals surface area (Å²) in [5.41, 5.74) is 2.01. The molecule has 1 amide bonds. The minimum absolute atomic E-state index is 0.229. The number of para-hydroxylation sites is 1. The zero-order valence-corrected chi connectivity index (χ0v) is 20.0. The van der Waals surface area contributed by atoms with E-state index in [1.165, 1.54) is 18.2 Å². The fourth-order valence-electron chi connectivity index (χ4n) is 4.17. The van der Waals surface area contributed by atoms with Crippen LogP contribution < -0.4 is 5.56 Å². The lowest BCUT2D eigenvalue weighted by atomic mass is 10.1. The molecule has 3 aromatic carbocycles. The summed E-state index contributed by atoms with van der Waals surface area (Å²) in [7, 11) is 0. The summed E-state index contributed by atoms with van der Waals surface area (Å²) >= 11 is 6.17. The van der Waals surface area contributed by atoms with Crippen molar-refractivity contribution in [3.8, 4) is 5.69 Å². The summed E-state index contributed by atoms with van der Waals surface area (Å²) in [6, 6.07) is 17.5. The molecule has 4 aromatic rings. The van der Waals surface area contributed by atoms with Crippen molar-refractivity contribution in [3.63, 3.8) is 0 Å². The minimum Gasteiger partial charge on any atom is -0.329 e. The van der Waals surface area contributed by atoms with Gasteiger partial charge >= 0.3 is 0 Å². The van der Waals surface area contributed by atoms with E-state index in [-0.39, 0.29) is 17.0 Å². The number of nitrogens with zero attached hydrogens (tertiary/aromatic N) is 3. The van der Waals surface area contributed by atoms with E-state index in [2.05, 4.69) is 0 Å². The molecule has 34 heavy (non-hydrogen) atoms. The van der Waals surface area contributed by atoms with Gasteiger partial charge in [0.25, 0.3) is 11.5 Å². The van der Waals surface area contributed by atoms with Gasteiger partial charge in [-0.25, -0.2) is 9.37 Å². The van der Waals surface area contributed by atoms with Crippen LogP contribution in [0.15, 0.2) is 71.5 Å². The van der Waals surface area contributed by atoms with E-state index in [1.54, 1.807) is 51.9 Å². The Hall–Kier alpha value is -3.51. The van der Waals surface area contributed by atoms with Gasteiger partial charge in [0.05, 0.1) is 22.6 Å². The van der Waals surface area contributed by atoms with Crippen LogP contribution in [0, 0.1) is 12.7 Å². The molecule has 0 saturated heterocycles. The van der Waals surface area contributed by atoms with Crippen LogP contribution in [0.4, 0.5) is 4.39 Å². The van der Waals surface area contributed by atoms with Gasteiger partial charge in [-0.05, 0) is 74.4 Å². The first kappa shape index (κ1) is 23.6. The minimum atomic E-state index is -0.567. The number of carbonyl (C=O) groups excluding carboxylic acids is 1. The van der Waals surface area contributed by atoms with Crippen LogP contribution in [0.1, 0.15) is 48.1 Å². The molecule has 0 N–H and O–H groups in total. The molecule has 0 aliphatic heterocycles. The Labute approximate surface area is 202 Å². The van der Waals surface area contributed by atoms with Crippen molar-refractivity contribution in [2.45, 2.75) is 33.2 Å². The number of fused-ring (bicyclic) bond motifs is 1. The highest BCUT2D eigenvalue weighted by Crippen LogP contribution is 2.27. The Morgan fingerprint density at radius 2 is 1.88 bits per heavy atom. The van der Waals surface area contributed by atoms with Crippen LogP contribution >= 0.6 is 11.6 Å². The lowest BCUT2D eigenvalue weighted by Crippen LogP contribution is -2.38.